The van der Waals surface area contributed by atoms with E-state index in [0.29, 0.717) is 12.8 Å². The number of nitrogens with one attached hydrogen (secondary N) is 1. The smallest absolute Gasteiger partial charge is 0.329 e. The molecule has 0 bridgehead atoms. The van der Waals surface area contributed by atoms with Crippen LogP contribution in [0.2, 0.25) is 0 Å². The number of rotatable bonds is 10. The predicted molar refractivity (Wildman–Crippen MR) is 118 cm³/mol. The predicted octanol–water partition coefficient (Wildman–Crippen LogP) is 2.32. The Balaban J connectivity index is 0. The number of carbonyl (C=O) groups is 3. The first kappa shape index (κ1) is 32.4. The Bertz CT molecular complexity index is 678. The molecule has 0 saturated carbocycles. The Morgan fingerprint density at radius 3 is 1.97 bits per heavy atom. The van der Waals surface area contributed by atoms with Gasteiger partial charge in [-0.3, -0.25) is 4.79 Å². The fourth-order valence-electron chi connectivity index (χ4n) is 2.45. The Morgan fingerprint density at radius 2 is 1.59 bits per heavy atom. The molecule has 0 aliphatic heterocycles. The maximum Gasteiger partial charge on any atom is 0.329 e. The molecule has 0 saturated heterocycles. The van der Waals surface area contributed by atoms with Crippen molar-refractivity contribution in [2.75, 3.05) is 27.3 Å². The van der Waals surface area contributed by atoms with Gasteiger partial charge in [0.2, 0.25) is 5.91 Å². The summed E-state index contributed by atoms with van der Waals surface area (Å²) in [5.41, 5.74) is 12.0. The summed E-state index contributed by atoms with van der Waals surface area (Å²) in [6.45, 7) is 6.86. The van der Waals surface area contributed by atoms with Gasteiger partial charge in [0.1, 0.15) is 11.6 Å². The summed E-state index contributed by atoms with van der Waals surface area (Å²) in [6, 6.07) is 8.60. The number of hydrogen-bond acceptors (Lipinski definition) is 7. The molecule has 2 amide bonds. The molecule has 0 aliphatic rings. The average molecular weight is 545 g/mol. The van der Waals surface area contributed by atoms with Crippen molar-refractivity contribution in [3.63, 3.8) is 0 Å². The Morgan fingerprint density at radius 1 is 1.09 bits per heavy atom. The first-order chi connectivity index (χ1) is 14.5. The number of esters is 1. The van der Waals surface area contributed by atoms with Crippen molar-refractivity contribution in [1.82, 2.24) is 4.90 Å². The van der Waals surface area contributed by atoms with E-state index in [4.69, 9.17) is 25.7 Å². The van der Waals surface area contributed by atoms with Gasteiger partial charge in [-0.2, -0.15) is 0 Å². The molecule has 0 radical (unpaired) electrons. The van der Waals surface area contributed by atoms with Crippen molar-refractivity contribution >= 4 is 17.8 Å². The average Bonchev–Trinajstić information content (AvgIpc) is 2.72. The maximum absolute atomic E-state index is 12.8. The van der Waals surface area contributed by atoms with E-state index in [1.807, 2.05) is 30.3 Å². The molecule has 3 N–H and O–H groups in total. The van der Waals surface area contributed by atoms with Gasteiger partial charge in [-0.25, -0.2) is 4.79 Å². The number of nitrogens with two attached hydrogens (primary N) is 1. The number of amides is 2. The minimum Gasteiger partial charge on any atom is -0.668 e. The van der Waals surface area contributed by atoms with Gasteiger partial charge >= 0.3 is 5.97 Å². The first-order valence-electron chi connectivity index (χ1n) is 10.0. The standard InChI is InChI=1S/C19H30N2O5.C3H7NO.Pd/c1-19(2,3)26-18(23)15(11-14-9-7-6-8-10-14)21(16(22)12-20)13-17(24-4)25-5;1-2-3(4)5;/h6-10,15,17H,11-13,20H2,1-5H3;2H2,1H3,(H2,4,5);/p-1. The molecule has 1 rings (SSSR count). The second kappa shape index (κ2) is 16.8. The van der Waals surface area contributed by atoms with Crippen molar-refractivity contribution in [2.45, 2.75) is 58.5 Å². The minimum absolute atomic E-state index is 0. The van der Waals surface area contributed by atoms with Crippen LogP contribution in [0.15, 0.2) is 30.3 Å². The molecule has 0 spiro atoms. The third-order valence-corrected chi connectivity index (χ3v) is 4.01. The van der Waals surface area contributed by atoms with Gasteiger partial charge in [0.25, 0.3) is 0 Å². The molecule has 1 atom stereocenters. The summed E-state index contributed by atoms with van der Waals surface area (Å²) >= 11 is 0. The van der Waals surface area contributed by atoms with Crippen molar-refractivity contribution in [3.8, 4) is 0 Å². The van der Waals surface area contributed by atoms with Crippen LogP contribution >= 0.6 is 0 Å². The summed E-state index contributed by atoms with van der Waals surface area (Å²) in [7, 11) is 2.94. The van der Waals surface area contributed by atoms with Crippen molar-refractivity contribution in [3.05, 3.63) is 41.6 Å². The molecular formula is C22H36N3O6Pd-. The van der Waals surface area contributed by atoms with Gasteiger partial charge in [-0.15, -0.1) is 0 Å². The van der Waals surface area contributed by atoms with E-state index in [0.717, 1.165) is 5.56 Å². The minimum atomic E-state index is -0.833. The van der Waals surface area contributed by atoms with Crippen LogP contribution < -0.4 is 5.73 Å². The summed E-state index contributed by atoms with van der Waals surface area (Å²) < 4.78 is 15.9. The summed E-state index contributed by atoms with van der Waals surface area (Å²) in [5.74, 6) is -1.37. The molecule has 0 aromatic heterocycles. The monoisotopic (exact) mass is 544 g/mol. The molecular weight excluding hydrogens is 509 g/mol. The zero-order chi connectivity index (χ0) is 24.0. The van der Waals surface area contributed by atoms with Crippen molar-refractivity contribution in [1.29, 1.82) is 0 Å². The van der Waals surface area contributed by atoms with Crippen molar-refractivity contribution in [2.24, 2.45) is 5.73 Å². The number of methoxy groups -OCH3 is 2. The van der Waals surface area contributed by atoms with E-state index in [-0.39, 0.29) is 39.4 Å². The van der Waals surface area contributed by atoms with E-state index in [9.17, 15) is 14.4 Å². The number of ether oxygens (including phenoxy) is 3. The maximum atomic E-state index is 12.8. The number of hydrogen-bond donors (Lipinski definition) is 1. The molecule has 0 fully saturated rings. The van der Waals surface area contributed by atoms with Gasteiger partial charge in [-0.1, -0.05) is 37.3 Å². The molecule has 9 nitrogen and oxygen atoms in total. The molecule has 0 heterocycles. The molecule has 1 aromatic carbocycles. The SMILES string of the molecule is CCC([NH-])=O.COC(CN(C(=O)CN)C(Cc1ccccc1)C(=O)OC(C)(C)C)OC.[Pd]. The van der Waals surface area contributed by atoms with E-state index in [1.165, 1.54) is 19.1 Å². The third-order valence-electron chi connectivity index (χ3n) is 4.01. The van der Waals surface area contributed by atoms with E-state index in [1.54, 1.807) is 27.7 Å². The topological polar surface area (TPSA) is 132 Å². The van der Waals surface area contributed by atoms with Crippen LogP contribution in [0.3, 0.4) is 0 Å². The third kappa shape index (κ3) is 13.6. The first-order valence-corrected chi connectivity index (χ1v) is 10.0. The Hall–Kier alpha value is -1.83. The summed E-state index contributed by atoms with van der Waals surface area (Å²) in [4.78, 5) is 36.2. The van der Waals surface area contributed by atoms with Gasteiger partial charge in [0.15, 0.2) is 6.29 Å². The van der Waals surface area contributed by atoms with Crippen LogP contribution in [0.25, 0.3) is 5.73 Å². The summed E-state index contributed by atoms with van der Waals surface area (Å²) in [5, 5.41) is 0. The number of nitrogens with zero attached hydrogens (tertiary/aromatic N) is 1. The van der Waals surface area contributed by atoms with Gasteiger partial charge < -0.3 is 35.4 Å². The van der Waals surface area contributed by atoms with Crippen LogP contribution in [0.4, 0.5) is 0 Å². The van der Waals surface area contributed by atoms with Crippen LogP contribution in [0, 0.1) is 0 Å². The second-order valence-electron chi connectivity index (χ2n) is 7.67. The van der Waals surface area contributed by atoms with Gasteiger partial charge in [0, 0.05) is 47.0 Å². The largest absolute Gasteiger partial charge is 0.668 e. The van der Waals surface area contributed by atoms with Gasteiger partial charge in [0.05, 0.1) is 13.1 Å². The van der Waals surface area contributed by atoms with Crippen LogP contribution in [-0.4, -0.2) is 67.9 Å². The van der Waals surface area contributed by atoms with Crippen LogP contribution in [0.5, 0.6) is 0 Å². The van der Waals surface area contributed by atoms with Gasteiger partial charge in [-0.05, 0) is 32.8 Å². The van der Waals surface area contributed by atoms with E-state index >= 15 is 0 Å². The molecule has 10 heteroatoms. The molecule has 1 aromatic rings. The van der Waals surface area contributed by atoms with Crippen LogP contribution in [-0.2, 0) is 55.4 Å². The molecule has 1 unspecified atom stereocenters. The van der Waals surface area contributed by atoms with Crippen molar-refractivity contribution < 1.29 is 49.0 Å². The normalized spacial score (nSPS) is 11.5. The van der Waals surface area contributed by atoms with E-state index < -0.39 is 29.8 Å². The molecule has 0 aliphatic carbocycles. The molecule has 186 valence electrons. The fraction of sp³-hybridized carbons (Fsp3) is 0.591. The van der Waals surface area contributed by atoms with Crippen LogP contribution in [0.1, 0.15) is 39.7 Å². The second-order valence-corrected chi connectivity index (χ2v) is 7.67. The zero-order valence-corrected chi connectivity index (χ0v) is 21.2. The zero-order valence-electron chi connectivity index (χ0n) is 19.7. The van der Waals surface area contributed by atoms with E-state index in [2.05, 4.69) is 0 Å². The molecule has 32 heavy (non-hydrogen) atoms. The quantitative estimate of drug-likeness (QED) is 0.271. The Labute approximate surface area is 204 Å². The number of benzene rings is 1. The summed E-state index contributed by atoms with van der Waals surface area (Å²) in [6.07, 6.45) is -0.0343. The Kier molecular flexibility index (Phi) is 16.9. The fourth-order valence-corrected chi connectivity index (χ4v) is 2.45. The number of carbonyl (C=O) groups excluding carboxylic acids is 3.